The smallest absolute Gasteiger partial charge is 0.252 e. The van der Waals surface area contributed by atoms with Gasteiger partial charge < -0.3 is 28.8 Å². The molecule has 2 amide bonds. The number of alkyl halides is 1. The highest BCUT2D eigenvalue weighted by molar-refractivity contribution is 6.30. The first-order valence-electron chi connectivity index (χ1n) is 24.0. The van der Waals surface area contributed by atoms with Crippen LogP contribution in [0.3, 0.4) is 0 Å². The van der Waals surface area contributed by atoms with Crippen molar-refractivity contribution in [3.8, 4) is 22.5 Å². The lowest BCUT2D eigenvalue weighted by atomic mass is 9.84. The number of hydrogen-bond acceptors (Lipinski definition) is 8. The standard InChI is InChI=1S/C27H32ClFN6O2.C27H31FN6O2/c1-18(28)26(37)35(16-22(36)14-31-33-30)24(27(2,3)4)25-32-23(20-11-8-12-21(29)13-20)17-34(25)15-19-9-6-5-7-10-19;1-18-26(35)34(16-22(36-18)14-30-32-29)24(27(2,3)4)25-31-23(20-11-8-12-21(28)13-20)17-33(25)15-19-9-6-5-7-10-19/h5-13,17-18,22,24,36H,14-16H2,1-4H3;5-13,17-18,22,24H,14-16H2,1-4H3/t2*18?,22-,24+/m11/s1. The molecule has 3 heterocycles. The fourth-order valence-corrected chi connectivity index (χ4v) is 9.16. The Kier molecular flexibility index (Phi) is 18.6. The zero-order valence-electron chi connectivity index (χ0n) is 42.4. The van der Waals surface area contributed by atoms with Gasteiger partial charge in [-0.05, 0) is 71.1 Å². The van der Waals surface area contributed by atoms with E-state index in [1.54, 1.807) is 36.9 Å². The summed E-state index contributed by atoms with van der Waals surface area (Å²) < 4.78 is 37.9. The second-order valence-corrected chi connectivity index (χ2v) is 20.9. The first-order valence-corrected chi connectivity index (χ1v) is 24.5. The van der Waals surface area contributed by atoms with Gasteiger partial charge in [0.2, 0.25) is 5.91 Å². The zero-order valence-corrected chi connectivity index (χ0v) is 43.2. The molecule has 1 aliphatic rings. The summed E-state index contributed by atoms with van der Waals surface area (Å²) in [7, 11) is 0. The molecular formula is C54H63ClF2N12O4. The molecule has 6 aromatic rings. The number of nitrogens with zero attached hydrogens (tertiary/aromatic N) is 12. The maximum atomic E-state index is 14.1. The van der Waals surface area contributed by atoms with Crippen LogP contribution >= 0.6 is 11.6 Å². The number of hydrogen-bond donors (Lipinski definition) is 1. The molecule has 16 nitrogen and oxygen atoms in total. The van der Waals surface area contributed by atoms with Crippen molar-refractivity contribution in [2.24, 2.45) is 21.1 Å². The van der Waals surface area contributed by atoms with E-state index < -0.39 is 46.6 Å². The number of ether oxygens (including phenoxy) is 1. The Bertz CT molecular complexity index is 2910. The number of azide groups is 2. The SMILES string of the molecule is CC(Cl)C(=O)N(C[C@H](O)CN=[N+]=[N-])[C@@H](c1nc(-c2cccc(F)c2)cn1Cc1ccccc1)C(C)(C)C.CC1O[C@H](CN=[N+]=[N-])CN([C@@H](c2nc(-c3cccc(F)c3)cn2Cc2ccccc2)C(C)(C)C)C1=O. The first kappa shape index (κ1) is 55.2. The summed E-state index contributed by atoms with van der Waals surface area (Å²) in [6.45, 7) is 16.5. The molecule has 384 valence electrons. The van der Waals surface area contributed by atoms with Gasteiger partial charge in [-0.2, -0.15) is 0 Å². The molecule has 1 N–H and O–H groups in total. The number of halogens is 3. The number of rotatable bonds is 17. The molecule has 0 bridgehead atoms. The number of carbonyl (C=O) groups excluding carboxylic acids is 2. The third-order valence-corrected chi connectivity index (χ3v) is 12.3. The Morgan fingerprint density at radius 2 is 1.32 bits per heavy atom. The van der Waals surface area contributed by atoms with Crippen molar-refractivity contribution < 1.29 is 28.2 Å². The highest BCUT2D eigenvalue weighted by Gasteiger charge is 2.44. The Morgan fingerprint density at radius 3 is 1.78 bits per heavy atom. The second-order valence-electron chi connectivity index (χ2n) is 20.2. The van der Waals surface area contributed by atoms with E-state index >= 15 is 0 Å². The van der Waals surface area contributed by atoms with Crippen molar-refractivity contribution in [1.29, 1.82) is 0 Å². The van der Waals surface area contributed by atoms with Gasteiger partial charge in [0.05, 0.1) is 48.8 Å². The third kappa shape index (κ3) is 14.6. The van der Waals surface area contributed by atoms with Crippen LogP contribution in [0, 0.1) is 22.5 Å². The van der Waals surface area contributed by atoms with Crippen LogP contribution in [0.1, 0.15) is 90.2 Å². The van der Waals surface area contributed by atoms with Gasteiger partial charge in [0, 0.05) is 59.5 Å². The first-order chi connectivity index (χ1) is 34.7. The van der Waals surface area contributed by atoms with Gasteiger partial charge in [-0.25, -0.2) is 18.7 Å². The van der Waals surface area contributed by atoms with E-state index in [2.05, 4.69) is 40.8 Å². The van der Waals surface area contributed by atoms with E-state index in [0.717, 1.165) is 11.1 Å². The van der Waals surface area contributed by atoms with Crippen LogP contribution in [-0.2, 0) is 27.4 Å². The largest absolute Gasteiger partial charge is 0.391 e. The molecule has 0 saturated carbocycles. The zero-order chi connectivity index (χ0) is 53.0. The van der Waals surface area contributed by atoms with Crippen molar-refractivity contribution in [1.82, 2.24) is 28.9 Å². The number of morpholine rings is 1. The Hall–Kier alpha value is -7.07. The number of amides is 2. The molecule has 0 radical (unpaired) electrons. The van der Waals surface area contributed by atoms with E-state index in [4.69, 9.17) is 37.4 Å². The van der Waals surface area contributed by atoms with Gasteiger partial charge in [-0.1, -0.05) is 137 Å². The lowest BCUT2D eigenvalue weighted by Gasteiger charge is -2.45. The van der Waals surface area contributed by atoms with Crippen molar-refractivity contribution in [3.63, 3.8) is 0 Å². The Morgan fingerprint density at radius 1 is 0.808 bits per heavy atom. The number of carbonyl (C=O) groups is 2. The predicted octanol–water partition coefficient (Wildman–Crippen LogP) is 11.7. The monoisotopic (exact) mass is 1020 g/mol. The molecule has 0 aliphatic carbocycles. The summed E-state index contributed by atoms with van der Waals surface area (Å²) >= 11 is 6.26. The number of benzene rings is 4. The molecule has 2 unspecified atom stereocenters. The maximum absolute atomic E-state index is 14.1. The predicted molar refractivity (Wildman–Crippen MR) is 278 cm³/mol. The molecule has 4 aromatic carbocycles. The maximum Gasteiger partial charge on any atom is 0.252 e. The molecule has 1 saturated heterocycles. The summed E-state index contributed by atoms with van der Waals surface area (Å²) in [5, 5.41) is 16.8. The molecule has 73 heavy (non-hydrogen) atoms. The number of aliphatic hydroxyl groups excluding tert-OH is 1. The van der Waals surface area contributed by atoms with Gasteiger partial charge in [0.1, 0.15) is 34.8 Å². The van der Waals surface area contributed by atoms with Crippen LogP contribution in [0.25, 0.3) is 43.4 Å². The third-order valence-electron chi connectivity index (χ3n) is 12.2. The van der Waals surface area contributed by atoms with Crippen molar-refractivity contribution in [3.05, 3.63) is 177 Å². The Balaban J connectivity index is 0.000000238. The minimum absolute atomic E-state index is 0.107. The molecular weight excluding hydrogens is 954 g/mol. The van der Waals surface area contributed by atoms with Crippen LogP contribution in [0.4, 0.5) is 8.78 Å². The summed E-state index contributed by atoms with van der Waals surface area (Å²) in [6, 6.07) is 31.3. The van der Waals surface area contributed by atoms with Crippen LogP contribution in [-0.4, -0.2) is 95.7 Å². The molecule has 1 fully saturated rings. The number of imidazole rings is 2. The van der Waals surface area contributed by atoms with E-state index in [1.807, 2.05) is 109 Å². The minimum Gasteiger partial charge on any atom is -0.391 e. The van der Waals surface area contributed by atoms with Crippen molar-refractivity contribution in [2.75, 3.05) is 26.2 Å². The lowest BCUT2D eigenvalue weighted by Crippen LogP contribution is -2.55. The van der Waals surface area contributed by atoms with Crippen LogP contribution in [0.5, 0.6) is 0 Å². The molecule has 0 spiro atoms. The fraction of sp³-hybridized carbons (Fsp3) is 0.407. The highest BCUT2D eigenvalue weighted by atomic mass is 35.5. The van der Waals surface area contributed by atoms with E-state index in [-0.39, 0.29) is 49.6 Å². The summed E-state index contributed by atoms with van der Waals surface area (Å²) in [4.78, 5) is 45.6. The van der Waals surface area contributed by atoms with Gasteiger partial charge in [0.15, 0.2) is 0 Å². The van der Waals surface area contributed by atoms with Gasteiger partial charge in [0.25, 0.3) is 5.91 Å². The van der Waals surface area contributed by atoms with Gasteiger partial charge in [-0.3, -0.25) is 9.59 Å². The summed E-state index contributed by atoms with van der Waals surface area (Å²) in [5.74, 6) is 0.0276. The van der Waals surface area contributed by atoms with Crippen molar-refractivity contribution in [2.45, 2.75) is 104 Å². The molecule has 7 rings (SSSR count). The average molecular weight is 1020 g/mol. The average Bonchev–Trinajstić information content (AvgIpc) is 3.95. The fourth-order valence-electron chi connectivity index (χ4n) is 9.03. The second kappa shape index (κ2) is 24.6. The lowest BCUT2D eigenvalue weighted by molar-refractivity contribution is -0.167. The van der Waals surface area contributed by atoms with Crippen molar-refractivity contribution >= 4 is 23.4 Å². The molecule has 2 aromatic heterocycles. The summed E-state index contributed by atoms with van der Waals surface area (Å²) in [6.07, 6.45) is 1.57. The Labute approximate surface area is 429 Å². The highest BCUT2D eigenvalue weighted by Crippen LogP contribution is 2.42. The quantitative estimate of drug-likeness (QED) is 0.0407. The molecule has 6 atom stereocenters. The van der Waals surface area contributed by atoms with E-state index in [1.165, 1.54) is 29.2 Å². The van der Waals surface area contributed by atoms with Crippen LogP contribution < -0.4 is 0 Å². The van der Waals surface area contributed by atoms with Gasteiger partial charge >= 0.3 is 0 Å². The molecule has 19 heteroatoms. The van der Waals surface area contributed by atoms with E-state index in [9.17, 15) is 23.5 Å². The summed E-state index contributed by atoms with van der Waals surface area (Å²) in [5.41, 5.74) is 21.1. The molecule has 1 aliphatic heterocycles. The van der Waals surface area contributed by atoms with Crippen LogP contribution in [0.15, 0.2) is 132 Å². The topological polar surface area (TPSA) is 203 Å². The number of aromatic nitrogens is 4. The number of aliphatic hydroxyl groups is 1. The van der Waals surface area contributed by atoms with E-state index in [0.29, 0.717) is 47.3 Å². The normalized spacial score (nSPS) is 16.5. The van der Waals surface area contributed by atoms with Crippen LogP contribution in [0.2, 0.25) is 0 Å². The van der Waals surface area contributed by atoms with Gasteiger partial charge in [-0.15, -0.1) is 11.6 Å². The minimum atomic E-state index is -1.10.